The smallest absolute Gasteiger partial charge is 0.171 e. The number of benzene rings is 1. The van der Waals surface area contributed by atoms with Crippen LogP contribution in [0.1, 0.15) is 23.3 Å². The van der Waals surface area contributed by atoms with E-state index in [1.807, 2.05) is 24.3 Å². The van der Waals surface area contributed by atoms with Crippen molar-refractivity contribution in [1.82, 2.24) is 15.2 Å². The molecule has 0 radical (unpaired) electrons. The number of nitrogens with one attached hydrogen (secondary N) is 1. The van der Waals surface area contributed by atoms with Crippen molar-refractivity contribution in [3.05, 3.63) is 41.5 Å². The average Bonchev–Trinajstić information content (AvgIpc) is 2.87. The van der Waals surface area contributed by atoms with E-state index in [0.717, 1.165) is 11.3 Å². The van der Waals surface area contributed by atoms with Gasteiger partial charge in [0.15, 0.2) is 11.6 Å². The molecule has 2 aromatic rings. The molecule has 0 aliphatic carbocycles. The number of nitrogens with two attached hydrogens (primary N) is 1. The summed E-state index contributed by atoms with van der Waals surface area (Å²) in [6.45, 7) is 0.391. The van der Waals surface area contributed by atoms with Crippen molar-refractivity contribution in [3.63, 3.8) is 0 Å². The fraction of sp³-hybridized carbons (Fsp3) is 0.333. The average molecular weight is 248 g/mol. The Labute approximate surface area is 105 Å². The lowest BCUT2D eigenvalue weighted by atomic mass is 10.1. The third-order valence-corrected chi connectivity index (χ3v) is 2.58. The summed E-state index contributed by atoms with van der Waals surface area (Å²) < 4.78 is 10.1. The third-order valence-electron chi connectivity index (χ3n) is 2.58. The molecule has 0 saturated carbocycles. The molecule has 0 aliphatic heterocycles. The number of H-pyrrole nitrogens is 1. The summed E-state index contributed by atoms with van der Waals surface area (Å²) in [5.74, 6) is 2.00. The highest BCUT2D eigenvalue weighted by Crippen LogP contribution is 2.19. The lowest BCUT2D eigenvalue weighted by molar-refractivity contribution is 0.178. The summed E-state index contributed by atoms with van der Waals surface area (Å²) in [5.41, 5.74) is 7.02. The third kappa shape index (κ3) is 2.66. The number of aromatic nitrogens is 3. The van der Waals surface area contributed by atoms with E-state index in [2.05, 4.69) is 15.2 Å². The number of rotatable bonds is 5. The first-order chi connectivity index (χ1) is 8.74. The molecule has 0 bridgehead atoms. The van der Waals surface area contributed by atoms with Crippen LogP contribution < -0.4 is 10.5 Å². The number of methoxy groups -OCH3 is 2. The van der Waals surface area contributed by atoms with Gasteiger partial charge in [0, 0.05) is 7.11 Å². The van der Waals surface area contributed by atoms with Crippen LogP contribution in [-0.2, 0) is 11.3 Å². The van der Waals surface area contributed by atoms with Crippen LogP contribution in [0.5, 0.6) is 5.75 Å². The Morgan fingerprint density at radius 1 is 1.28 bits per heavy atom. The van der Waals surface area contributed by atoms with Crippen molar-refractivity contribution in [3.8, 4) is 5.75 Å². The highest BCUT2D eigenvalue weighted by Gasteiger charge is 2.14. The first-order valence-corrected chi connectivity index (χ1v) is 5.54. The molecule has 0 amide bonds. The zero-order valence-electron chi connectivity index (χ0n) is 10.4. The van der Waals surface area contributed by atoms with Crippen molar-refractivity contribution in [2.45, 2.75) is 12.6 Å². The molecule has 1 atom stereocenters. The second-order valence-electron chi connectivity index (χ2n) is 3.82. The van der Waals surface area contributed by atoms with Gasteiger partial charge < -0.3 is 15.2 Å². The zero-order chi connectivity index (χ0) is 13.0. The Morgan fingerprint density at radius 2 is 2.00 bits per heavy atom. The second kappa shape index (κ2) is 5.61. The molecule has 96 valence electrons. The highest BCUT2D eigenvalue weighted by atomic mass is 16.5. The highest BCUT2D eigenvalue weighted by molar-refractivity contribution is 5.31. The van der Waals surface area contributed by atoms with Crippen molar-refractivity contribution in [2.24, 2.45) is 5.73 Å². The van der Waals surface area contributed by atoms with Gasteiger partial charge in [-0.25, -0.2) is 4.98 Å². The lowest BCUT2D eigenvalue weighted by Crippen LogP contribution is -2.13. The van der Waals surface area contributed by atoms with E-state index in [0.29, 0.717) is 18.3 Å². The van der Waals surface area contributed by atoms with Crippen molar-refractivity contribution in [2.75, 3.05) is 14.2 Å². The summed E-state index contributed by atoms with van der Waals surface area (Å²) in [4.78, 5) is 4.27. The summed E-state index contributed by atoms with van der Waals surface area (Å²) in [7, 11) is 3.23. The molecule has 1 aromatic carbocycles. The maximum atomic E-state index is 6.09. The predicted molar refractivity (Wildman–Crippen MR) is 66.1 cm³/mol. The van der Waals surface area contributed by atoms with Crippen LogP contribution in [-0.4, -0.2) is 29.4 Å². The maximum Gasteiger partial charge on any atom is 0.171 e. The van der Waals surface area contributed by atoms with Gasteiger partial charge in [-0.15, -0.1) is 0 Å². The summed E-state index contributed by atoms with van der Waals surface area (Å²) in [6.07, 6.45) is 0. The Morgan fingerprint density at radius 3 is 2.61 bits per heavy atom. The SMILES string of the molecule is COCc1nc([C@H](N)c2ccc(OC)cc2)n[nH]1. The molecule has 3 N–H and O–H groups in total. The largest absolute Gasteiger partial charge is 0.497 e. The molecule has 6 nitrogen and oxygen atoms in total. The van der Waals surface area contributed by atoms with Gasteiger partial charge >= 0.3 is 0 Å². The molecule has 2 rings (SSSR count). The summed E-state index contributed by atoms with van der Waals surface area (Å²) in [6, 6.07) is 7.15. The monoisotopic (exact) mass is 248 g/mol. The minimum atomic E-state index is -0.363. The van der Waals surface area contributed by atoms with Gasteiger partial charge in [-0.3, -0.25) is 5.10 Å². The minimum absolute atomic E-state index is 0.363. The number of aromatic amines is 1. The predicted octanol–water partition coefficient (Wildman–Crippen LogP) is 1.01. The zero-order valence-corrected chi connectivity index (χ0v) is 10.4. The standard InChI is InChI=1S/C12H16N4O2/c1-17-7-10-14-12(16-15-10)11(13)8-3-5-9(18-2)6-4-8/h3-6,11H,7,13H2,1-2H3,(H,14,15,16)/t11-/m1/s1. The van der Waals surface area contributed by atoms with Crippen LogP contribution in [0.4, 0.5) is 0 Å². The van der Waals surface area contributed by atoms with Gasteiger partial charge in [-0.2, -0.15) is 5.10 Å². The van der Waals surface area contributed by atoms with Gasteiger partial charge in [-0.1, -0.05) is 12.1 Å². The second-order valence-corrected chi connectivity index (χ2v) is 3.82. The van der Waals surface area contributed by atoms with E-state index in [1.54, 1.807) is 14.2 Å². The number of hydrogen-bond acceptors (Lipinski definition) is 5. The lowest BCUT2D eigenvalue weighted by Gasteiger charge is -2.08. The van der Waals surface area contributed by atoms with Gasteiger partial charge in [0.2, 0.25) is 0 Å². The van der Waals surface area contributed by atoms with E-state index in [-0.39, 0.29) is 6.04 Å². The van der Waals surface area contributed by atoms with Gasteiger partial charge in [0.25, 0.3) is 0 Å². The summed E-state index contributed by atoms with van der Waals surface area (Å²) >= 11 is 0. The molecule has 1 aromatic heterocycles. The minimum Gasteiger partial charge on any atom is -0.497 e. The van der Waals surface area contributed by atoms with Crippen LogP contribution in [0.25, 0.3) is 0 Å². The van der Waals surface area contributed by atoms with Crippen molar-refractivity contribution in [1.29, 1.82) is 0 Å². The van der Waals surface area contributed by atoms with Crippen molar-refractivity contribution >= 4 is 0 Å². The van der Waals surface area contributed by atoms with Crippen LogP contribution in [0.2, 0.25) is 0 Å². The molecule has 0 unspecified atom stereocenters. The van der Waals surface area contributed by atoms with Crippen LogP contribution in [0.3, 0.4) is 0 Å². The fourth-order valence-corrected chi connectivity index (χ4v) is 1.61. The molecule has 6 heteroatoms. The van der Waals surface area contributed by atoms with E-state index in [9.17, 15) is 0 Å². The first kappa shape index (κ1) is 12.5. The van der Waals surface area contributed by atoms with Crippen molar-refractivity contribution < 1.29 is 9.47 Å². The Balaban J connectivity index is 2.15. The van der Waals surface area contributed by atoms with E-state index in [1.165, 1.54) is 0 Å². The molecule has 18 heavy (non-hydrogen) atoms. The summed E-state index contributed by atoms with van der Waals surface area (Å²) in [5, 5.41) is 6.87. The van der Waals surface area contributed by atoms with E-state index in [4.69, 9.17) is 15.2 Å². The molecule has 0 aliphatic rings. The molecular formula is C12H16N4O2. The molecular weight excluding hydrogens is 232 g/mol. The Kier molecular flexibility index (Phi) is 3.91. The Hall–Kier alpha value is -1.92. The van der Waals surface area contributed by atoms with Crippen LogP contribution >= 0.6 is 0 Å². The first-order valence-electron chi connectivity index (χ1n) is 5.54. The Bertz CT molecular complexity index is 495. The number of hydrogen-bond donors (Lipinski definition) is 2. The van der Waals surface area contributed by atoms with Gasteiger partial charge in [-0.05, 0) is 17.7 Å². The van der Waals surface area contributed by atoms with Gasteiger partial charge in [0.1, 0.15) is 12.4 Å². The fourth-order valence-electron chi connectivity index (χ4n) is 1.61. The van der Waals surface area contributed by atoms with Gasteiger partial charge in [0.05, 0.1) is 13.2 Å². The molecule has 0 saturated heterocycles. The number of ether oxygens (including phenoxy) is 2. The van der Waals surface area contributed by atoms with Crippen LogP contribution in [0.15, 0.2) is 24.3 Å². The molecule has 1 heterocycles. The van der Waals surface area contributed by atoms with E-state index >= 15 is 0 Å². The van der Waals surface area contributed by atoms with E-state index < -0.39 is 0 Å². The molecule has 0 fully saturated rings. The normalized spacial score (nSPS) is 12.4. The topological polar surface area (TPSA) is 86.1 Å². The maximum absolute atomic E-state index is 6.09. The quantitative estimate of drug-likeness (QED) is 0.824. The molecule has 0 spiro atoms. The van der Waals surface area contributed by atoms with Crippen LogP contribution in [0, 0.1) is 0 Å². The number of nitrogens with zero attached hydrogens (tertiary/aromatic N) is 2.